The lowest BCUT2D eigenvalue weighted by atomic mass is 10.2. The number of rotatable bonds is 3. The van der Waals surface area contributed by atoms with Gasteiger partial charge in [-0.1, -0.05) is 29.8 Å². The molecule has 3 aromatic rings. The molecule has 128 valence electrons. The highest BCUT2D eigenvalue weighted by Crippen LogP contribution is 2.29. The van der Waals surface area contributed by atoms with E-state index in [4.69, 9.17) is 11.6 Å². The number of hydrogen-bond acceptors (Lipinski definition) is 3. The molecule has 0 aliphatic carbocycles. The summed E-state index contributed by atoms with van der Waals surface area (Å²) in [5, 5.41) is 2.76. The van der Waals surface area contributed by atoms with Crippen LogP contribution in [-0.2, 0) is 6.18 Å². The maximum atomic E-state index is 12.7. The first-order chi connectivity index (χ1) is 11.8. The number of aromatic nitrogens is 3. The van der Waals surface area contributed by atoms with Gasteiger partial charge in [0.15, 0.2) is 0 Å². The van der Waals surface area contributed by atoms with Crippen molar-refractivity contribution in [3.05, 3.63) is 64.9 Å². The predicted molar refractivity (Wildman–Crippen MR) is 86.2 cm³/mol. The molecule has 0 unspecified atom stereocenters. The van der Waals surface area contributed by atoms with E-state index in [0.717, 1.165) is 6.07 Å². The molecular formula is C16H10ClF3N4O. The van der Waals surface area contributed by atoms with E-state index in [1.807, 2.05) is 0 Å². The number of anilines is 1. The number of nitrogens with one attached hydrogen (secondary N) is 2. The number of H-pyrrole nitrogens is 1. The molecule has 0 aliphatic rings. The minimum Gasteiger partial charge on any atom is -0.323 e. The monoisotopic (exact) mass is 366 g/mol. The van der Waals surface area contributed by atoms with Crippen molar-refractivity contribution < 1.29 is 18.0 Å². The lowest BCUT2D eigenvalue weighted by Crippen LogP contribution is -2.13. The quantitative estimate of drug-likeness (QED) is 0.722. The smallest absolute Gasteiger partial charge is 0.323 e. The van der Waals surface area contributed by atoms with Gasteiger partial charge in [0, 0.05) is 0 Å². The maximum Gasteiger partial charge on any atom is 0.433 e. The highest BCUT2D eigenvalue weighted by molar-refractivity contribution is 6.34. The molecule has 2 heterocycles. The molecule has 0 atom stereocenters. The van der Waals surface area contributed by atoms with Crippen LogP contribution in [0.2, 0.25) is 5.02 Å². The molecule has 0 fully saturated rings. The van der Waals surface area contributed by atoms with Gasteiger partial charge in [-0.3, -0.25) is 10.1 Å². The van der Waals surface area contributed by atoms with Gasteiger partial charge in [-0.15, -0.1) is 0 Å². The normalized spacial score (nSPS) is 11.4. The Morgan fingerprint density at radius 3 is 2.60 bits per heavy atom. The lowest BCUT2D eigenvalue weighted by molar-refractivity contribution is -0.141. The Morgan fingerprint density at radius 2 is 1.88 bits per heavy atom. The molecule has 2 N–H and O–H groups in total. The van der Waals surface area contributed by atoms with E-state index >= 15 is 0 Å². The first-order valence-corrected chi connectivity index (χ1v) is 7.38. The van der Waals surface area contributed by atoms with Crippen LogP contribution in [0.3, 0.4) is 0 Å². The number of nitrogens with zero attached hydrogens (tertiary/aromatic N) is 2. The third-order valence-electron chi connectivity index (χ3n) is 3.24. The van der Waals surface area contributed by atoms with Crippen molar-refractivity contribution in [2.75, 3.05) is 5.32 Å². The Morgan fingerprint density at radius 1 is 1.12 bits per heavy atom. The molecule has 0 saturated heterocycles. The SMILES string of the molecule is O=C(Nc1ncc(-c2cccc(C(F)(F)F)n2)[nH]1)c1ccccc1Cl. The summed E-state index contributed by atoms with van der Waals surface area (Å²) in [6.07, 6.45) is -3.26. The van der Waals surface area contributed by atoms with Gasteiger partial charge in [-0.2, -0.15) is 13.2 Å². The highest BCUT2D eigenvalue weighted by Gasteiger charge is 2.32. The minimum absolute atomic E-state index is 0.0561. The second-order valence-electron chi connectivity index (χ2n) is 4.99. The molecule has 0 radical (unpaired) electrons. The van der Waals surface area contributed by atoms with E-state index in [2.05, 4.69) is 20.3 Å². The van der Waals surface area contributed by atoms with Crippen molar-refractivity contribution in [3.63, 3.8) is 0 Å². The molecule has 2 aromatic heterocycles. The Kier molecular flexibility index (Phi) is 4.45. The fraction of sp³-hybridized carbons (Fsp3) is 0.0625. The number of aromatic amines is 1. The number of halogens is 4. The van der Waals surface area contributed by atoms with Crippen LogP contribution in [0.1, 0.15) is 16.1 Å². The van der Waals surface area contributed by atoms with Crippen LogP contribution in [-0.4, -0.2) is 20.9 Å². The molecule has 0 aliphatic heterocycles. The Hall–Kier alpha value is -2.87. The number of amides is 1. The number of carbonyl (C=O) groups excluding carboxylic acids is 1. The van der Waals surface area contributed by atoms with Crippen molar-refractivity contribution in [1.82, 2.24) is 15.0 Å². The van der Waals surface area contributed by atoms with Gasteiger partial charge >= 0.3 is 6.18 Å². The van der Waals surface area contributed by atoms with Gasteiger partial charge in [0.1, 0.15) is 5.69 Å². The first kappa shape index (κ1) is 17.0. The summed E-state index contributed by atoms with van der Waals surface area (Å²) in [5.74, 6) is -0.428. The summed E-state index contributed by atoms with van der Waals surface area (Å²) < 4.78 is 38.2. The van der Waals surface area contributed by atoms with Crippen LogP contribution in [0.15, 0.2) is 48.7 Å². The summed E-state index contributed by atoms with van der Waals surface area (Å²) in [6.45, 7) is 0. The molecule has 25 heavy (non-hydrogen) atoms. The number of benzene rings is 1. The standard InChI is InChI=1S/C16H10ClF3N4O/c17-10-5-2-1-4-9(10)14(25)24-15-21-8-12(23-15)11-6-3-7-13(22-11)16(18,19)20/h1-8H,(H2,21,23,24,25). The topological polar surface area (TPSA) is 70.7 Å². The van der Waals surface area contributed by atoms with E-state index in [1.54, 1.807) is 18.2 Å². The molecule has 9 heteroatoms. The number of carbonyl (C=O) groups is 1. The zero-order valence-electron chi connectivity index (χ0n) is 12.4. The van der Waals surface area contributed by atoms with Crippen molar-refractivity contribution in [2.24, 2.45) is 0 Å². The van der Waals surface area contributed by atoms with Gasteiger partial charge in [0.25, 0.3) is 5.91 Å². The summed E-state index contributed by atoms with van der Waals surface area (Å²) in [4.78, 5) is 22.3. The van der Waals surface area contributed by atoms with E-state index in [0.29, 0.717) is 0 Å². The number of hydrogen-bond donors (Lipinski definition) is 2. The van der Waals surface area contributed by atoms with Gasteiger partial charge in [0.2, 0.25) is 5.95 Å². The predicted octanol–water partition coefficient (Wildman–Crippen LogP) is 4.40. The van der Waals surface area contributed by atoms with Crippen molar-refractivity contribution in [2.45, 2.75) is 6.18 Å². The van der Waals surface area contributed by atoms with Crippen molar-refractivity contribution in [3.8, 4) is 11.4 Å². The number of pyridine rings is 1. The number of imidazole rings is 1. The molecule has 3 rings (SSSR count). The van der Waals surface area contributed by atoms with Crippen molar-refractivity contribution >= 4 is 23.5 Å². The van der Waals surface area contributed by atoms with Gasteiger partial charge in [-0.05, 0) is 24.3 Å². The molecular weight excluding hydrogens is 357 g/mol. The van der Waals surface area contributed by atoms with Crippen LogP contribution >= 0.6 is 11.6 Å². The highest BCUT2D eigenvalue weighted by atomic mass is 35.5. The van der Waals surface area contributed by atoms with Crippen LogP contribution < -0.4 is 5.32 Å². The van der Waals surface area contributed by atoms with Crippen molar-refractivity contribution in [1.29, 1.82) is 0 Å². The summed E-state index contributed by atoms with van der Waals surface area (Å²) >= 11 is 5.94. The Bertz CT molecular complexity index is 923. The first-order valence-electron chi connectivity index (χ1n) is 7.00. The largest absolute Gasteiger partial charge is 0.433 e. The van der Waals surface area contributed by atoms with E-state index in [9.17, 15) is 18.0 Å². The lowest BCUT2D eigenvalue weighted by Gasteiger charge is -2.06. The van der Waals surface area contributed by atoms with Crippen LogP contribution in [0.5, 0.6) is 0 Å². The minimum atomic E-state index is -4.54. The van der Waals surface area contributed by atoms with E-state index < -0.39 is 17.8 Å². The third kappa shape index (κ3) is 3.80. The zero-order valence-corrected chi connectivity index (χ0v) is 13.2. The summed E-state index contributed by atoms with van der Waals surface area (Å²) in [7, 11) is 0. The summed E-state index contributed by atoms with van der Waals surface area (Å²) in [6, 6.07) is 9.97. The maximum absolute atomic E-state index is 12.7. The number of alkyl halides is 3. The second-order valence-corrected chi connectivity index (χ2v) is 5.39. The zero-order chi connectivity index (χ0) is 18.0. The van der Waals surface area contributed by atoms with Crippen LogP contribution in [0.25, 0.3) is 11.4 Å². The molecule has 0 bridgehead atoms. The Labute approximate surface area is 144 Å². The fourth-order valence-electron chi connectivity index (χ4n) is 2.08. The van der Waals surface area contributed by atoms with Crippen LogP contribution in [0.4, 0.5) is 19.1 Å². The fourth-order valence-corrected chi connectivity index (χ4v) is 2.30. The molecule has 0 saturated carbocycles. The molecule has 1 aromatic carbocycles. The van der Waals surface area contributed by atoms with Gasteiger partial charge < -0.3 is 4.98 Å². The summed E-state index contributed by atoms with van der Waals surface area (Å²) in [5.41, 5.74) is -0.471. The molecule has 1 amide bonds. The molecule has 0 spiro atoms. The van der Waals surface area contributed by atoms with Gasteiger partial charge in [-0.25, -0.2) is 9.97 Å². The second kappa shape index (κ2) is 6.56. The molecule has 5 nitrogen and oxygen atoms in total. The van der Waals surface area contributed by atoms with E-state index in [1.165, 1.54) is 24.4 Å². The van der Waals surface area contributed by atoms with Crippen LogP contribution in [0, 0.1) is 0 Å². The Balaban J connectivity index is 1.82. The third-order valence-corrected chi connectivity index (χ3v) is 3.57. The van der Waals surface area contributed by atoms with Gasteiger partial charge in [0.05, 0.1) is 28.2 Å². The van der Waals surface area contributed by atoms with E-state index in [-0.39, 0.29) is 27.9 Å². The average molecular weight is 367 g/mol. The average Bonchev–Trinajstić information content (AvgIpc) is 3.03.